The molecular formula is C15H19BrN2O. The molecule has 0 bridgehead atoms. The van der Waals surface area contributed by atoms with Crippen LogP contribution in [0.5, 0.6) is 0 Å². The van der Waals surface area contributed by atoms with Crippen molar-refractivity contribution >= 4 is 27.5 Å². The van der Waals surface area contributed by atoms with Crippen LogP contribution in [0.15, 0.2) is 24.3 Å². The van der Waals surface area contributed by atoms with Gasteiger partial charge in [0.25, 0.3) is 0 Å². The first-order valence-electron chi connectivity index (χ1n) is 6.95. The highest BCUT2D eigenvalue weighted by molar-refractivity contribution is 9.09. The number of rotatable bonds is 5. The van der Waals surface area contributed by atoms with Gasteiger partial charge in [-0.25, -0.2) is 0 Å². The monoisotopic (exact) mass is 322 g/mol. The Hall–Kier alpha value is -0.870. The van der Waals surface area contributed by atoms with Crippen LogP contribution in [0.2, 0.25) is 0 Å². The highest BCUT2D eigenvalue weighted by atomic mass is 79.9. The molecule has 1 heterocycles. The zero-order valence-corrected chi connectivity index (χ0v) is 12.5. The Kier molecular flexibility index (Phi) is 3.89. The van der Waals surface area contributed by atoms with Crippen LogP contribution in [-0.4, -0.2) is 23.8 Å². The number of carbonyl (C=O) groups is 1. The lowest BCUT2D eigenvalue weighted by Crippen LogP contribution is -2.24. The first kappa shape index (κ1) is 13.1. The lowest BCUT2D eigenvalue weighted by atomic mass is 10.1. The Bertz CT molecular complexity index is 456. The van der Waals surface area contributed by atoms with E-state index in [-0.39, 0.29) is 5.91 Å². The van der Waals surface area contributed by atoms with Crippen LogP contribution < -0.4 is 10.2 Å². The summed E-state index contributed by atoms with van der Waals surface area (Å²) in [7, 11) is 0. The van der Waals surface area contributed by atoms with Crippen LogP contribution in [0, 0.1) is 5.92 Å². The van der Waals surface area contributed by atoms with Crippen LogP contribution in [0.3, 0.4) is 0 Å². The van der Waals surface area contributed by atoms with Gasteiger partial charge in [-0.05, 0) is 36.5 Å². The molecule has 1 amide bonds. The van der Waals surface area contributed by atoms with E-state index in [0.717, 1.165) is 30.1 Å². The molecule has 0 spiro atoms. The normalized spacial score (nSPS) is 23.1. The first-order chi connectivity index (χ1) is 9.26. The Labute approximate surface area is 122 Å². The van der Waals surface area contributed by atoms with E-state index < -0.39 is 0 Å². The zero-order chi connectivity index (χ0) is 13.2. The van der Waals surface area contributed by atoms with E-state index in [4.69, 9.17) is 0 Å². The maximum Gasteiger partial charge on any atom is 0.227 e. The third-order valence-electron chi connectivity index (χ3n) is 3.84. The summed E-state index contributed by atoms with van der Waals surface area (Å²) in [5.74, 6) is 0.692. The molecule has 1 unspecified atom stereocenters. The number of halogens is 1. The minimum atomic E-state index is 0.244. The van der Waals surface area contributed by atoms with Crippen LogP contribution in [0.4, 0.5) is 5.69 Å². The van der Waals surface area contributed by atoms with Crippen molar-refractivity contribution in [2.75, 3.05) is 16.8 Å². The van der Waals surface area contributed by atoms with Gasteiger partial charge in [-0.3, -0.25) is 4.79 Å². The number of amides is 1. The van der Waals surface area contributed by atoms with Crippen molar-refractivity contribution < 1.29 is 4.79 Å². The molecule has 0 radical (unpaired) electrons. The molecule has 1 atom stereocenters. The molecule has 1 saturated carbocycles. The SMILES string of the molecule is O=C1CC(CBr)CN1c1ccc(CNC2CC2)cc1. The van der Waals surface area contributed by atoms with Crippen LogP contribution in [-0.2, 0) is 11.3 Å². The molecule has 1 saturated heterocycles. The molecule has 0 aromatic heterocycles. The minimum absolute atomic E-state index is 0.244. The number of hydrogen-bond acceptors (Lipinski definition) is 2. The third-order valence-corrected chi connectivity index (χ3v) is 4.76. The average molecular weight is 323 g/mol. The number of nitrogens with zero attached hydrogens (tertiary/aromatic N) is 1. The van der Waals surface area contributed by atoms with Gasteiger partial charge in [0.2, 0.25) is 5.91 Å². The second kappa shape index (κ2) is 5.63. The topological polar surface area (TPSA) is 32.3 Å². The lowest BCUT2D eigenvalue weighted by molar-refractivity contribution is -0.117. The fraction of sp³-hybridized carbons (Fsp3) is 0.533. The van der Waals surface area contributed by atoms with Gasteiger partial charge in [0.15, 0.2) is 0 Å². The second-order valence-corrected chi connectivity index (χ2v) is 6.20. The van der Waals surface area contributed by atoms with Gasteiger partial charge in [0, 0.05) is 36.6 Å². The molecule has 1 aromatic rings. The summed E-state index contributed by atoms with van der Waals surface area (Å²) in [6.45, 7) is 1.77. The maximum atomic E-state index is 11.9. The van der Waals surface area contributed by atoms with Crippen molar-refractivity contribution in [1.82, 2.24) is 5.32 Å². The second-order valence-electron chi connectivity index (χ2n) is 5.55. The average Bonchev–Trinajstić information content (AvgIpc) is 3.19. The van der Waals surface area contributed by atoms with Gasteiger partial charge in [0.1, 0.15) is 0 Å². The Balaban J connectivity index is 1.63. The standard InChI is InChI=1S/C15H19BrN2O/c16-8-12-7-15(19)18(10-12)14-5-1-11(2-6-14)9-17-13-3-4-13/h1-2,5-6,12-13,17H,3-4,7-10H2. The third kappa shape index (κ3) is 3.18. The van der Waals surface area contributed by atoms with Crippen LogP contribution >= 0.6 is 15.9 Å². The molecule has 102 valence electrons. The van der Waals surface area contributed by atoms with Gasteiger partial charge in [-0.1, -0.05) is 28.1 Å². The van der Waals surface area contributed by atoms with Crippen molar-refractivity contribution in [1.29, 1.82) is 0 Å². The minimum Gasteiger partial charge on any atom is -0.312 e. The van der Waals surface area contributed by atoms with Crippen molar-refractivity contribution in [2.24, 2.45) is 5.92 Å². The smallest absolute Gasteiger partial charge is 0.227 e. The van der Waals surface area contributed by atoms with E-state index in [9.17, 15) is 4.79 Å². The van der Waals surface area contributed by atoms with Gasteiger partial charge in [-0.2, -0.15) is 0 Å². The summed E-state index contributed by atoms with van der Waals surface area (Å²) in [6.07, 6.45) is 3.29. The number of nitrogens with one attached hydrogen (secondary N) is 1. The summed E-state index contributed by atoms with van der Waals surface area (Å²) in [4.78, 5) is 13.9. The highest BCUT2D eigenvalue weighted by Crippen LogP contribution is 2.26. The van der Waals surface area contributed by atoms with E-state index in [1.807, 2.05) is 4.90 Å². The largest absolute Gasteiger partial charge is 0.312 e. The summed E-state index contributed by atoms with van der Waals surface area (Å²) in [6, 6.07) is 9.12. The number of anilines is 1. The number of carbonyl (C=O) groups excluding carboxylic acids is 1. The van der Waals surface area contributed by atoms with Crippen molar-refractivity contribution in [3.63, 3.8) is 0 Å². The Morgan fingerprint density at radius 2 is 2.00 bits per heavy atom. The number of benzene rings is 1. The molecule has 1 N–H and O–H groups in total. The Morgan fingerprint density at radius 1 is 1.26 bits per heavy atom. The van der Waals surface area contributed by atoms with Gasteiger partial charge in [-0.15, -0.1) is 0 Å². The molecule has 19 heavy (non-hydrogen) atoms. The van der Waals surface area contributed by atoms with E-state index >= 15 is 0 Å². The Morgan fingerprint density at radius 3 is 2.58 bits per heavy atom. The summed E-state index contributed by atoms with van der Waals surface area (Å²) in [5, 5.41) is 4.40. The molecule has 3 nitrogen and oxygen atoms in total. The van der Waals surface area contributed by atoms with Gasteiger partial charge in [0.05, 0.1) is 0 Å². The quantitative estimate of drug-likeness (QED) is 0.845. The number of alkyl halides is 1. The van der Waals surface area contributed by atoms with Crippen molar-refractivity contribution in [3.05, 3.63) is 29.8 Å². The maximum absolute atomic E-state index is 11.9. The fourth-order valence-electron chi connectivity index (χ4n) is 2.48. The van der Waals surface area contributed by atoms with Crippen LogP contribution in [0.1, 0.15) is 24.8 Å². The van der Waals surface area contributed by atoms with Crippen molar-refractivity contribution in [2.45, 2.75) is 31.8 Å². The predicted molar refractivity (Wildman–Crippen MR) is 80.6 cm³/mol. The lowest BCUT2D eigenvalue weighted by Gasteiger charge is -2.17. The van der Waals surface area contributed by atoms with E-state index in [1.54, 1.807) is 0 Å². The molecule has 1 aliphatic heterocycles. The predicted octanol–water partition coefficient (Wildman–Crippen LogP) is 2.69. The zero-order valence-electron chi connectivity index (χ0n) is 10.9. The molecule has 2 aliphatic rings. The van der Waals surface area contributed by atoms with Crippen LogP contribution in [0.25, 0.3) is 0 Å². The van der Waals surface area contributed by atoms with E-state index in [2.05, 4.69) is 45.5 Å². The van der Waals surface area contributed by atoms with Gasteiger partial charge >= 0.3 is 0 Å². The summed E-state index contributed by atoms with van der Waals surface area (Å²) < 4.78 is 0. The van der Waals surface area contributed by atoms with E-state index in [0.29, 0.717) is 12.3 Å². The first-order valence-corrected chi connectivity index (χ1v) is 8.07. The summed E-state index contributed by atoms with van der Waals surface area (Å²) >= 11 is 3.47. The fourth-order valence-corrected chi connectivity index (χ4v) is 2.91. The van der Waals surface area contributed by atoms with E-state index in [1.165, 1.54) is 18.4 Å². The molecular weight excluding hydrogens is 304 g/mol. The van der Waals surface area contributed by atoms with Crippen molar-refractivity contribution in [3.8, 4) is 0 Å². The van der Waals surface area contributed by atoms with Gasteiger partial charge < -0.3 is 10.2 Å². The molecule has 2 fully saturated rings. The molecule has 4 heteroatoms. The molecule has 1 aliphatic carbocycles. The number of hydrogen-bond donors (Lipinski definition) is 1. The highest BCUT2D eigenvalue weighted by Gasteiger charge is 2.29. The molecule has 3 rings (SSSR count). The molecule has 1 aromatic carbocycles. The summed E-state index contributed by atoms with van der Waals surface area (Å²) in [5.41, 5.74) is 2.32.